The fraction of sp³-hybridized carbons (Fsp3) is 0.407. The minimum Gasteiger partial charge on any atom is -0.109 e. The molecule has 3 rings (SSSR count). The van der Waals surface area contributed by atoms with Gasteiger partial charge in [-0.15, -0.1) is 9.24 Å². The first-order valence-electron chi connectivity index (χ1n) is 10.4. The molecule has 0 aliphatic heterocycles. The van der Waals surface area contributed by atoms with Crippen LogP contribution < -0.4 is 0 Å². The molecule has 0 fully saturated rings. The smallest absolute Gasteiger partial charge is 0.00899 e. The van der Waals surface area contributed by atoms with Crippen LogP contribution >= 0.6 is 9.24 Å². The topological polar surface area (TPSA) is 0 Å². The first-order valence-corrected chi connectivity index (χ1v) is 11.0. The highest BCUT2D eigenvalue weighted by Crippen LogP contribution is 2.56. The van der Waals surface area contributed by atoms with Gasteiger partial charge in [-0.3, -0.25) is 0 Å². The van der Waals surface area contributed by atoms with Crippen LogP contribution in [0, 0.1) is 24.7 Å². The SMILES string of the molecule is C=C1C(c2ccc(-c3ccc(C)c(C)c3)cc2CC)=C(P)C(C)(C)CC1(C)C. The van der Waals surface area contributed by atoms with Gasteiger partial charge in [0.15, 0.2) is 0 Å². The first-order chi connectivity index (χ1) is 13.0. The summed E-state index contributed by atoms with van der Waals surface area (Å²) in [6.07, 6.45) is 2.15. The summed E-state index contributed by atoms with van der Waals surface area (Å²) in [7, 11) is 3.05. The molecule has 0 nitrogen and oxygen atoms in total. The van der Waals surface area contributed by atoms with Crippen LogP contribution in [0.1, 0.15) is 63.3 Å². The molecule has 0 spiro atoms. The van der Waals surface area contributed by atoms with Crippen LogP contribution in [0.3, 0.4) is 0 Å². The normalized spacial score (nSPS) is 18.5. The largest absolute Gasteiger partial charge is 0.109 e. The number of aryl methyl sites for hydroxylation is 3. The molecule has 2 aromatic carbocycles. The summed E-state index contributed by atoms with van der Waals surface area (Å²) >= 11 is 0. The van der Waals surface area contributed by atoms with Crippen LogP contribution in [0.5, 0.6) is 0 Å². The van der Waals surface area contributed by atoms with Gasteiger partial charge in [0.05, 0.1) is 0 Å². The lowest BCUT2D eigenvalue weighted by atomic mass is 9.62. The van der Waals surface area contributed by atoms with Crippen LogP contribution in [-0.2, 0) is 6.42 Å². The molecule has 0 bridgehead atoms. The summed E-state index contributed by atoms with van der Waals surface area (Å²) < 4.78 is 0. The van der Waals surface area contributed by atoms with E-state index in [1.54, 1.807) is 0 Å². The van der Waals surface area contributed by atoms with Gasteiger partial charge >= 0.3 is 0 Å². The predicted molar refractivity (Wildman–Crippen MR) is 129 cm³/mol. The minimum atomic E-state index is 0.108. The molecule has 1 aliphatic carbocycles. The van der Waals surface area contributed by atoms with Crippen molar-refractivity contribution in [3.8, 4) is 11.1 Å². The van der Waals surface area contributed by atoms with E-state index in [9.17, 15) is 0 Å². The lowest BCUT2D eigenvalue weighted by molar-refractivity contribution is 0.272. The number of allylic oxidation sites excluding steroid dienone is 3. The second-order valence-electron chi connectivity index (χ2n) is 9.74. The standard InChI is InChI=1S/C27H35P/c1-9-20-15-22(21-11-10-17(2)18(3)14-21)12-13-23(20)24-19(4)26(5,6)16-27(7,8)25(24)28/h10-15H,4,9,16,28H2,1-3,5-8H3. The zero-order valence-electron chi connectivity index (χ0n) is 18.7. The van der Waals surface area contributed by atoms with Crippen LogP contribution in [0.4, 0.5) is 0 Å². The Kier molecular flexibility index (Phi) is 5.50. The first kappa shape index (κ1) is 21.1. The van der Waals surface area contributed by atoms with E-state index in [-0.39, 0.29) is 10.8 Å². The maximum Gasteiger partial charge on any atom is -0.00899 e. The summed E-state index contributed by atoms with van der Waals surface area (Å²) in [4.78, 5) is 0. The average Bonchev–Trinajstić information content (AvgIpc) is 2.62. The third kappa shape index (κ3) is 3.65. The molecule has 0 saturated carbocycles. The second-order valence-corrected chi connectivity index (χ2v) is 10.3. The Hall–Kier alpha value is -1.65. The Balaban J connectivity index is 2.17. The highest BCUT2D eigenvalue weighted by molar-refractivity contribution is 7.23. The lowest BCUT2D eigenvalue weighted by Gasteiger charge is -2.45. The Morgan fingerprint density at radius 2 is 1.50 bits per heavy atom. The molecule has 1 aliphatic rings. The van der Waals surface area contributed by atoms with Crippen molar-refractivity contribution in [3.63, 3.8) is 0 Å². The van der Waals surface area contributed by atoms with Crippen molar-refractivity contribution in [2.75, 3.05) is 0 Å². The van der Waals surface area contributed by atoms with E-state index < -0.39 is 0 Å². The molecule has 0 heterocycles. The van der Waals surface area contributed by atoms with Gasteiger partial charge in [0.2, 0.25) is 0 Å². The van der Waals surface area contributed by atoms with E-state index in [1.807, 2.05) is 0 Å². The van der Waals surface area contributed by atoms with Gasteiger partial charge in [-0.1, -0.05) is 77.6 Å². The molecule has 28 heavy (non-hydrogen) atoms. The van der Waals surface area contributed by atoms with Crippen molar-refractivity contribution in [2.45, 2.75) is 61.3 Å². The molecule has 1 unspecified atom stereocenters. The van der Waals surface area contributed by atoms with Crippen molar-refractivity contribution >= 4 is 14.8 Å². The van der Waals surface area contributed by atoms with Crippen molar-refractivity contribution < 1.29 is 0 Å². The monoisotopic (exact) mass is 390 g/mol. The maximum absolute atomic E-state index is 4.55. The minimum absolute atomic E-state index is 0.108. The zero-order chi connectivity index (χ0) is 20.9. The van der Waals surface area contributed by atoms with Crippen molar-refractivity contribution in [2.24, 2.45) is 10.8 Å². The molecule has 0 amide bonds. The third-order valence-corrected chi connectivity index (χ3v) is 7.67. The molecule has 148 valence electrons. The van der Waals surface area contributed by atoms with Gasteiger partial charge in [0, 0.05) is 0 Å². The molecular weight excluding hydrogens is 355 g/mol. The van der Waals surface area contributed by atoms with Crippen LogP contribution in [0.2, 0.25) is 0 Å². The highest BCUT2D eigenvalue weighted by atomic mass is 31.0. The summed E-state index contributed by atoms with van der Waals surface area (Å²) in [6, 6.07) is 13.8. The maximum atomic E-state index is 4.55. The van der Waals surface area contributed by atoms with Gasteiger partial charge in [-0.05, 0) is 87.4 Å². The quantitative estimate of drug-likeness (QED) is 0.464. The van der Waals surface area contributed by atoms with Crippen molar-refractivity contribution in [1.29, 1.82) is 0 Å². The summed E-state index contributed by atoms with van der Waals surface area (Å²) in [5.41, 5.74) is 10.9. The molecule has 0 radical (unpaired) electrons. The molecule has 1 heteroatoms. The number of rotatable bonds is 3. The summed E-state index contributed by atoms with van der Waals surface area (Å²) in [6.45, 7) is 20.6. The van der Waals surface area contributed by atoms with E-state index in [0.29, 0.717) is 0 Å². The third-order valence-electron chi connectivity index (χ3n) is 6.60. The molecule has 1 atom stereocenters. The van der Waals surface area contributed by atoms with Gasteiger partial charge in [0.25, 0.3) is 0 Å². The average molecular weight is 391 g/mol. The zero-order valence-corrected chi connectivity index (χ0v) is 19.8. The van der Waals surface area contributed by atoms with E-state index in [4.69, 9.17) is 0 Å². The predicted octanol–water partition coefficient (Wildman–Crippen LogP) is 8.13. The van der Waals surface area contributed by atoms with Gasteiger partial charge < -0.3 is 0 Å². The Labute approximate surface area is 174 Å². The lowest BCUT2D eigenvalue weighted by Crippen LogP contribution is -2.31. The molecule has 0 N–H and O–H groups in total. The number of hydrogen-bond acceptors (Lipinski definition) is 0. The molecule has 0 saturated heterocycles. The van der Waals surface area contributed by atoms with Gasteiger partial charge in [-0.25, -0.2) is 0 Å². The number of benzene rings is 2. The summed E-state index contributed by atoms with van der Waals surface area (Å²) in [5.74, 6) is 0. The fourth-order valence-corrected chi connectivity index (χ4v) is 5.12. The Bertz CT molecular complexity index is 970. The number of hydrogen-bond donors (Lipinski definition) is 0. The van der Waals surface area contributed by atoms with Crippen LogP contribution in [-0.4, -0.2) is 0 Å². The summed E-state index contributed by atoms with van der Waals surface area (Å²) in [5, 5.41) is 1.39. The molecule has 0 aromatic heterocycles. The van der Waals surface area contributed by atoms with Gasteiger partial charge in [-0.2, -0.15) is 0 Å². The second kappa shape index (κ2) is 7.31. The van der Waals surface area contributed by atoms with E-state index in [2.05, 4.69) is 101 Å². The van der Waals surface area contributed by atoms with E-state index in [0.717, 1.165) is 12.8 Å². The Morgan fingerprint density at radius 3 is 2.11 bits per heavy atom. The van der Waals surface area contributed by atoms with Crippen LogP contribution in [0.25, 0.3) is 16.7 Å². The fourth-order valence-electron chi connectivity index (χ4n) is 4.68. The van der Waals surface area contributed by atoms with Gasteiger partial charge in [0.1, 0.15) is 0 Å². The van der Waals surface area contributed by atoms with Crippen molar-refractivity contribution in [3.05, 3.63) is 76.1 Å². The molecular formula is C27H35P. The van der Waals surface area contributed by atoms with E-state index in [1.165, 1.54) is 49.8 Å². The highest BCUT2D eigenvalue weighted by Gasteiger charge is 2.40. The molecule has 2 aromatic rings. The Morgan fingerprint density at radius 1 is 0.893 bits per heavy atom. The van der Waals surface area contributed by atoms with E-state index >= 15 is 0 Å². The van der Waals surface area contributed by atoms with Crippen molar-refractivity contribution in [1.82, 2.24) is 0 Å². The van der Waals surface area contributed by atoms with Crippen LogP contribution in [0.15, 0.2) is 53.9 Å².